The molecule has 0 fully saturated rings. The van der Waals surface area contributed by atoms with Crippen LogP contribution in [0.15, 0.2) is 109 Å². The van der Waals surface area contributed by atoms with Gasteiger partial charge in [0.05, 0.1) is 11.6 Å². The summed E-state index contributed by atoms with van der Waals surface area (Å²) in [7, 11) is 0. The molecule has 146 valence electrons. The molecule has 5 rings (SSSR count). The Labute approximate surface area is 182 Å². The first-order valence-corrected chi connectivity index (χ1v) is 10.4. The Morgan fingerprint density at radius 2 is 1.13 bits per heavy atom. The molecule has 1 heteroatoms. The third-order valence-electron chi connectivity index (χ3n) is 5.81. The van der Waals surface area contributed by atoms with Crippen LogP contribution in [-0.4, -0.2) is 0 Å². The zero-order valence-electron chi connectivity index (χ0n) is 17.3. The Hall–Kier alpha value is -4.15. The smallest absolute Gasteiger partial charge is 0.0991 e. The minimum Gasteiger partial charge on any atom is -0.192 e. The van der Waals surface area contributed by atoms with Gasteiger partial charge in [0, 0.05) is 0 Å². The topological polar surface area (TPSA) is 23.8 Å². The van der Waals surface area contributed by atoms with E-state index in [0.717, 1.165) is 11.1 Å². The van der Waals surface area contributed by atoms with Crippen molar-refractivity contribution in [1.82, 2.24) is 0 Å². The van der Waals surface area contributed by atoms with Crippen LogP contribution in [0.3, 0.4) is 0 Å². The number of rotatable bonds is 3. The number of hydrogen-bond donors (Lipinski definition) is 0. The summed E-state index contributed by atoms with van der Waals surface area (Å²) in [5.74, 6) is 0. The molecule has 0 unspecified atom stereocenters. The lowest BCUT2D eigenvalue weighted by Crippen LogP contribution is -1.89. The van der Waals surface area contributed by atoms with Gasteiger partial charge >= 0.3 is 0 Å². The molecule has 0 spiro atoms. The Morgan fingerprint density at radius 3 is 1.81 bits per heavy atom. The van der Waals surface area contributed by atoms with Crippen molar-refractivity contribution in [3.63, 3.8) is 0 Å². The quantitative estimate of drug-likeness (QED) is 0.303. The fourth-order valence-electron chi connectivity index (χ4n) is 4.12. The van der Waals surface area contributed by atoms with E-state index in [-0.39, 0.29) is 0 Å². The summed E-state index contributed by atoms with van der Waals surface area (Å²) in [5.41, 5.74) is 9.12. The van der Waals surface area contributed by atoms with Crippen molar-refractivity contribution >= 4 is 10.8 Å². The van der Waals surface area contributed by atoms with Crippen LogP contribution < -0.4 is 0 Å². The first-order chi connectivity index (χ1) is 15.2. The van der Waals surface area contributed by atoms with Gasteiger partial charge in [0.1, 0.15) is 0 Å². The van der Waals surface area contributed by atoms with Crippen LogP contribution in [0, 0.1) is 18.3 Å². The number of fused-ring (bicyclic) bond motifs is 1. The monoisotopic (exact) mass is 395 g/mol. The van der Waals surface area contributed by atoms with Crippen LogP contribution in [0.5, 0.6) is 0 Å². The maximum atomic E-state index is 9.02. The van der Waals surface area contributed by atoms with E-state index in [1.165, 1.54) is 38.6 Å². The molecule has 0 heterocycles. The summed E-state index contributed by atoms with van der Waals surface area (Å²) in [6.07, 6.45) is 0. The van der Waals surface area contributed by atoms with E-state index in [0.29, 0.717) is 5.56 Å². The van der Waals surface area contributed by atoms with E-state index in [2.05, 4.69) is 97.9 Å². The highest BCUT2D eigenvalue weighted by molar-refractivity contribution is 6.04. The summed E-state index contributed by atoms with van der Waals surface area (Å²) in [6, 6.07) is 40.4. The van der Waals surface area contributed by atoms with Crippen molar-refractivity contribution in [3.05, 3.63) is 120 Å². The summed E-state index contributed by atoms with van der Waals surface area (Å²) in [4.78, 5) is 0. The average Bonchev–Trinajstić information content (AvgIpc) is 2.84. The van der Waals surface area contributed by atoms with Gasteiger partial charge in [0.25, 0.3) is 0 Å². The van der Waals surface area contributed by atoms with Crippen molar-refractivity contribution in [2.45, 2.75) is 6.92 Å². The van der Waals surface area contributed by atoms with Gasteiger partial charge in [-0.05, 0) is 63.2 Å². The van der Waals surface area contributed by atoms with Crippen molar-refractivity contribution in [3.8, 4) is 39.4 Å². The lowest BCUT2D eigenvalue weighted by molar-refractivity contribution is 1.47. The molecule has 0 bridgehead atoms. The largest absolute Gasteiger partial charge is 0.192 e. The van der Waals surface area contributed by atoms with Crippen LogP contribution in [0.25, 0.3) is 44.2 Å². The minimum absolute atomic E-state index is 0.680. The van der Waals surface area contributed by atoms with Crippen LogP contribution in [0.4, 0.5) is 0 Å². The maximum Gasteiger partial charge on any atom is 0.0991 e. The van der Waals surface area contributed by atoms with Crippen LogP contribution in [0.1, 0.15) is 11.1 Å². The Kier molecular flexibility index (Phi) is 4.83. The molecule has 1 nitrogen and oxygen atoms in total. The molecule has 0 amide bonds. The van der Waals surface area contributed by atoms with Crippen LogP contribution in [0.2, 0.25) is 0 Å². The summed E-state index contributed by atoms with van der Waals surface area (Å²) >= 11 is 0. The van der Waals surface area contributed by atoms with Gasteiger partial charge in [-0.2, -0.15) is 5.26 Å². The maximum absolute atomic E-state index is 9.02. The standard InChI is InChI=1S/C30H21N/c1-21-6-10-27(11-7-21)30-28-5-3-2-4-25(28)18-19-29(30)26-16-14-24(15-17-26)23-12-8-22(20-31)9-13-23/h2-19H,1H3. The highest BCUT2D eigenvalue weighted by atomic mass is 14.2. The van der Waals surface area contributed by atoms with Crippen LogP contribution in [-0.2, 0) is 0 Å². The van der Waals surface area contributed by atoms with Gasteiger partial charge in [-0.1, -0.05) is 103 Å². The molecular weight excluding hydrogens is 374 g/mol. The molecule has 0 aliphatic carbocycles. The molecule has 0 radical (unpaired) electrons. The molecule has 0 saturated carbocycles. The highest BCUT2D eigenvalue weighted by Crippen LogP contribution is 2.38. The second-order valence-corrected chi connectivity index (χ2v) is 7.84. The van der Waals surface area contributed by atoms with Gasteiger partial charge in [0.2, 0.25) is 0 Å². The summed E-state index contributed by atoms with van der Waals surface area (Å²) in [6.45, 7) is 2.12. The molecule has 5 aromatic carbocycles. The van der Waals surface area contributed by atoms with Crippen molar-refractivity contribution in [2.24, 2.45) is 0 Å². The minimum atomic E-state index is 0.680. The van der Waals surface area contributed by atoms with E-state index in [9.17, 15) is 0 Å². The molecular formula is C30H21N. The van der Waals surface area contributed by atoms with E-state index in [4.69, 9.17) is 5.26 Å². The Bertz CT molecular complexity index is 1400. The zero-order chi connectivity index (χ0) is 21.2. The molecule has 5 aromatic rings. The molecule has 31 heavy (non-hydrogen) atoms. The lowest BCUT2D eigenvalue weighted by Gasteiger charge is -2.15. The Balaban J connectivity index is 1.63. The number of nitrogens with zero attached hydrogens (tertiary/aromatic N) is 1. The van der Waals surface area contributed by atoms with E-state index in [1.54, 1.807) is 0 Å². The van der Waals surface area contributed by atoms with Gasteiger partial charge in [-0.25, -0.2) is 0 Å². The van der Waals surface area contributed by atoms with E-state index < -0.39 is 0 Å². The predicted molar refractivity (Wildman–Crippen MR) is 130 cm³/mol. The second kappa shape index (κ2) is 7.94. The van der Waals surface area contributed by atoms with Gasteiger partial charge < -0.3 is 0 Å². The summed E-state index contributed by atoms with van der Waals surface area (Å²) < 4.78 is 0. The third kappa shape index (κ3) is 3.61. The van der Waals surface area contributed by atoms with E-state index in [1.807, 2.05) is 24.3 Å². The number of hydrogen-bond acceptors (Lipinski definition) is 1. The number of benzene rings is 5. The van der Waals surface area contributed by atoms with Gasteiger partial charge in [0.15, 0.2) is 0 Å². The van der Waals surface area contributed by atoms with Crippen molar-refractivity contribution < 1.29 is 0 Å². The second-order valence-electron chi connectivity index (χ2n) is 7.84. The lowest BCUT2D eigenvalue weighted by atomic mass is 9.89. The number of aryl methyl sites for hydroxylation is 1. The summed E-state index contributed by atoms with van der Waals surface area (Å²) in [5, 5.41) is 11.5. The molecule has 0 aliphatic rings. The fourth-order valence-corrected chi connectivity index (χ4v) is 4.12. The molecule has 0 N–H and O–H groups in total. The third-order valence-corrected chi connectivity index (χ3v) is 5.81. The molecule has 0 aliphatic heterocycles. The first kappa shape index (κ1) is 18.9. The normalized spacial score (nSPS) is 10.7. The molecule has 0 atom stereocenters. The van der Waals surface area contributed by atoms with Crippen molar-refractivity contribution in [2.75, 3.05) is 0 Å². The number of nitriles is 1. The van der Waals surface area contributed by atoms with Crippen molar-refractivity contribution in [1.29, 1.82) is 5.26 Å². The predicted octanol–water partition coefficient (Wildman–Crippen LogP) is 8.02. The highest BCUT2D eigenvalue weighted by Gasteiger charge is 2.12. The van der Waals surface area contributed by atoms with Gasteiger partial charge in [-0.15, -0.1) is 0 Å². The van der Waals surface area contributed by atoms with Gasteiger partial charge in [-0.3, -0.25) is 0 Å². The molecule has 0 saturated heterocycles. The Morgan fingerprint density at radius 1 is 0.548 bits per heavy atom. The SMILES string of the molecule is Cc1ccc(-c2c(-c3ccc(-c4ccc(C#N)cc4)cc3)ccc3ccccc23)cc1. The first-order valence-electron chi connectivity index (χ1n) is 10.4. The van der Waals surface area contributed by atoms with Crippen LogP contribution >= 0.6 is 0 Å². The zero-order valence-corrected chi connectivity index (χ0v) is 17.3. The van der Waals surface area contributed by atoms with E-state index >= 15 is 0 Å². The fraction of sp³-hybridized carbons (Fsp3) is 0.0333. The average molecular weight is 396 g/mol. The molecule has 0 aromatic heterocycles.